The van der Waals surface area contributed by atoms with E-state index in [2.05, 4.69) is 10.2 Å². The number of nitrogens with two attached hydrogens (primary N) is 1. The van der Waals surface area contributed by atoms with E-state index >= 15 is 0 Å². The summed E-state index contributed by atoms with van der Waals surface area (Å²) < 4.78 is 0. The number of aromatic amines is 1. The van der Waals surface area contributed by atoms with Gasteiger partial charge in [0.25, 0.3) is 0 Å². The Morgan fingerprint density at radius 1 is 1.35 bits per heavy atom. The minimum Gasteiger partial charge on any atom is -0.480 e. The molecular weight excluding hydrogens is 218 g/mol. The number of nitrogens with one attached hydrogen (secondary N) is 1. The number of carbonyl (C=O) groups is 1. The molecule has 0 aliphatic rings. The van der Waals surface area contributed by atoms with Crippen molar-refractivity contribution >= 4 is 5.97 Å². The van der Waals surface area contributed by atoms with Crippen molar-refractivity contribution in [2.75, 3.05) is 0 Å². The van der Waals surface area contributed by atoms with Crippen molar-refractivity contribution in [1.82, 2.24) is 10.2 Å². The Hall–Kier alpha value is -2.14. The van der Waals surface area contributed by atoms with Crippen LogP contribution in [0.15, 0.2) is 36.7 Å². The molecule has 0 aliphatic heterocycles. The topological polar surface area (TPSA) is 92.0 Å². The van der Waals surface area contributed by atoms with Crippen molar-refractivity contribution in [2.24, 2.45) is 5.73 Å². The molecule has 1 aromatic carbocycles. The van der Waals surface area contributed by atoms with Crippen LogP contribution in [0, 0.1) is 0 Å². The molecule has 1 unspecified atom stereocenters. The van der Waals surface area contributed by atoms with Crippen molar-refractivity contribution in [3.63, 3.8) is 0 Å². The fourth-order valence-electron chi connectivity index (χ4n) is 1.58. The van der Waals surface area contributed by atoms with Gasteiger partial charge in [-0.15, -0.1) is 0 Å². The van der Waals surface area contributed by atoms with Gasteiger partial charge in [-0.3, -0.25) is 9.89 Å². The molecule has 17 heavy (non-hydrogen) atoms. The zero-order valence-corrected chi connectivity index (χ0v) is 9.13. The molecule has 2 rings (SSSR count). The number of carboxylic acid groups (broad SMARTS) is 1. The van der Waals surface area contributed by atoms with E-state index in [1.54, 1.807) is 12.4 Å². The summed E-state index contributed by atoms with van der Waals surface area (Å²) in [5, 5.41) is 15.3. The van der Waals surface area contributed by atoms with Crippen LogP contribution in [-0.2, 0) is 11.2 Å². The normalized spacial score (nSPS) is 12.3. The van der Waals surface area contributed by atoms with Gasteiger partial charge in [-0.05, 0) is 17.5 Å². The van der Waals surface area contributed by atoms with E-state index in [-0.39, 0.29) is 0 Å². The molecule has 1 atom stereocenters. The summed E-state index contributed by atoms with van der Waals surface area (Å²) in [6.45, 7) is 0. The van der Waals surface area contributed by atoms with E-state index in [4.69, 9.17) is 10.8 Å². The molecule has 5 nitrogen and oxygen atoms in total. The van der Waals surface area contributed by atoms with E-state index in [1.165, 1.54) is 0 Å². The number of benzene rings is 1. The minimum absolute atomic E-state index is 0.334. The largest absolute Gasteiger partial charge is 0.480 e. The molecular formula is C12H13N3O2. The Labute approximate surface area is 98.3 Å². The monoisotopic (exact) mass is 231 g/mol. The summed E-state index contributed by atoms with van der Waals surface area (Å²) in [5.41, 5.74) is 8.41. The lowest BCUT2D eigenvalue weighted by Gasteiger charge is -2.06. The Kier molecular flexibility index (Phi) is 3.20. The van der Waals surface area contributed by atoms with E-state index in [0.29, 0.717) is 6.42 Å². The predicted octanol–water partition coefficient (Wildman–Crippen LogP) is 1.03. The average Bonchev–Trinajstić information content (AvgIpc) is 2.83. The first kappa shape index (κ1) is 11.3. The summed E-state index contributed by atoms with van der Waals surface area (Å²) >= 11 is 0. The van der Waals surface area contributed by atoms with Gasteiger partial charge in [0.15, 0.2) is 0 Å². The summed E-state index contributed by atoms with van der Waals surface area (Å²) in [7, 11) is 0. The average molecular weight is 231 g/mol. The number of H-pyrrole nitrogens is 1. The number of aliphatic carboxylic acids is 1. The zero-order chi connectivity index (χ0) is 12.3. The SMILES string of the molecule is NC(Cc1ccc(-c2cn[nH]c2)cc1)C(=O)O. The molecule has 0 aliphatic carbocycles. The number of hydrogen-bond acceptors (Lipinski definition) is 3. The standard InChI is InChI=1S/C12H13N3O2/c13-11(12(16)17)5-8-1-3-9(4-2-8)10-6-14-15-7-10/h1-4,6-7,11H,5,13H2,(H,14,15)(H,16,17). The Balaban J connectivity index is 2.11. The second kappa shape index (κ2) is 4.80. The summed E-state index contributed by atoms with van der Waals surface area (Å²) in [6, 6.07) is 6.76. The highest BCUT2D eigenvalue weighted by Gasteiger charge is 2.11. The smallest absolute Gasteiger partial charge is 0.320 e. The molecule has 0 radical (unpaired) electrons. The number of rotatable bonds is 4. The predicted molar refractivity (Wildman–Crippen MR) is 63.3 cm³/mol. The highest BCUT2D eigenvalue weighted by Crippen LogP contribution is 2.18. The van der Waals surface area contributed by atoms with Crippen molar-refractivity contribution in [2.45, 2.75) is 12.5 Å². The Bertz CT molecular complexity index is 491. The molecule has 1 heterocycles. The van der Waals surface area contributed by atoms with Gasteiger partial charge >= 0.3 is 5.97 Å². The molecule has 0 fully saturated rings. The van der Waals surface area contributed by atoms with Crippen molar-refractivity contribution in [1.29, 1.82) is 0 Å². The molecule has 0 saturated carbocycles. The van der Waals surface area contributed by atoms with E-state index in [9.17, 15) is 4.79 Å². The fraction of sp³-hybridized carbons (Fsp3) is 0.167. The lowest BCUT2D eigenvalue weighted by Crippen LogP contribution is -2.32. The zero-order valence-electron chi connectivity index (χ0n) is 9.13. The second-order valence-corrected chi connectivity index (χ2v) is 3.83. The molecule has 0 amide bonds. The van der Waals surface area contributed by atoms with Gasteiger partial charge in [0.1, 0.15) is 6.04 Å². The van der Waals surface area contributed by atoms with Crippen LogP contribution >= 0.6 is 0 Å². The lowest BCUT2D eigenvalue weighted by molar-refractivity contribution is -0.138. The first-order valence-corrected chi connectivity index (χ1v) is 5.23. The number of aromatic nitrogens is 2. The third kappa shape index (κ3) is 2.70. The highest BCUT2D eigenvalue weighted by atomic mass is 16.4. The van der Waals surface area contributed by atoms with Gasteiger partial charge in [0, 0.05) is 11.8 Å². The Morgan fingerprint density at radius 2 is 2.06 bits per heavy atom. The van der Waals surface area contributed by atoms with E-state index in [0.717, 1.165) is 16.7 Å². The van der Waals surface area contributed by atoms with Gasteiger partial charge in [-0.2, -0.15) is 5.10 Å². The van der Waals surface area contributed by atoms with Crippen molar-refractivity contribution < 1.29 is 9.90 Å². The van der Waals surface area contributed by atoms with Crippen LogP contribution in [0.4, 0.5) is 0 Å². The van der Waals surface area contributed by atoms with Gasteiger partial charge < -0.3 is 10.8 Å². The molecule has 5 heteroatoms. The van der Waals surface area contributed by atoms with Crippen LogP contribution in [-0.4, -0.2) is 27.3 Å². The number of hydrogen-bond donors (Lipinski definition) is 3. The second-order valence-electron chi connectivity index (χ2n) is 3.83. The van der Waals surface area contributed by atoms with Crippen molar-refractivity contribution in [3.8, 4) is 11.1 Å². The molecule has 0 spiro atoms. The summed E-state index contributed by atoms with van der Waals surface area (Å²) in [6.07, 6.45) is 3.87. The first-order chi connectivity index (χ1) is 8.16. The molecule has 0 bridgehead atoms. The maximum absolute atomic E-state index is 10.6. The van der Waals surface area contributed by atoms with Crippen LogP contribution in [0.2, 0.25) is 0 Å². The van der Waals surface area contributed by atoms with Crippen LogP contribution in [0.1, 0.15) is 5.56 Å². The molecule has 88 valence electrons. The fourth-order valence-corrected chi connectivity index (χ4v) is 1.58. The van der Waals surface area contributed by atoms with Crippen LogP contribution in [0.5, 0.6) is 0 Å². The quantitative estimate of drug-likeness (QED) is 0.732. The molecule has 2 aromatic rings. The lowest BCUT2D eigenvalue weighted by atomic mass is 10.0. The Morgan fingerprint density at radius 3 is 2.59 bits per heavy atom. The summed E-state index contributed by atoms with van der Waals surface area (Å²) in [4.78, 5) is 10.6. The maximum atomic E-state index is 10.6. The minimum atomic E-state index is -0.982. The summed E-state index contributed by atoms with van der Waals surface area (Å²) in [5.74, 6) is -0.982. The molecule has 4 N–H and O–H groups in total. The van der Waals surface area contributed by atoms with Crippen molar-refractivity contribution in [3.05, 3.63) is 42.2 Å². The van der Waals surface area contributed by atoms with Gasteiger partial charge in [-0.1, -0.05) is 24.3 Å². The van der Waals surface area contributed by atoms with Gasteiger partial charge in [0.05, 0.1) is 6.20 Å². The molecule has 1 aromatic heterocycles. The van der Waals surface area contributed by atoms with Crippen LogP contribution in [0.3, 0.4) is 0 Å². The number of nitrogens with zero attached hydrogens (tertiary/aromatic N) is 1. The first-order valence-electron chi connectivity index (χ1n) is 5.23. The van der Waals surface area contributed by atoms with E-state index < -0.39 is 12.0 Å². The van der Waals surface area contributed by atoms with Gasteiger partial charge in [0.2, 0.25) is 0 Å². The van der Waals surface area contributed by atoms with E-state index in [1.807, 2.05) is 24.3 Å². The third-order valence-corrected chi connectivity index (χ3v) is 2.56. The maximum Gasteiger partial charge on any atom is 0.320 e. The number of carboxylic acids is 1. The van der Waals surface area contributed by atoms with Crippen LogP contribution in [0.25, 0.3) is 11.1 Å². The van der Waals surface area contributed by atoms with Crippen LogP contribution < -0.4 is 5.73 Å². The third-order valence-electron chi connectivity index (χ3n) is 2.56. The molecule has 0 saturated heterocycles. The van der Waals surface area contributed by atoms with Gasteiger partial charge in [-0.25, -0.2) is 0 Å². The highest BCUT2D eigenvalue weighted by molar-refractivity contribution is 5.73.